The molecular formula is C10H6ClN9O2. The Morgan fingerprint density at radius 3 is 2.95 bits per heavy atom. The lowest BCUT2D eigenvalue weighted by Gasteiger charge is -1.93. The van der Waals surface area contributed by atoms with E-state index in [1.54, 1.807) is 17.9 Å². The van der Waals surface area contributed by atoms with E-state index >= 15 is 0 Å². The second-order valence-electron chi connectivity index (χ2n) is 4.45. The second-order valence-corrected chi connectivity index (χ2v) is 4.82. The fourth-order valence-electron chi connectivity index (χ4n) is 2.13. The van der Waals surface area contributed by atoms with Crippen molar-refractivity contribution in [3.8, 4) is 11.5 Å². The van der Waals surface area contributed by atoms with E-state index in [1.165, 1.54) is 10.8 Å². The summed E-state index contributed by atoms with van der Waals surface area (Å²) in [4.78, 5) is 18.7. The standard InChI is InChI=1S/C10H6ClN9O2/c1-18-8-4(2-13-18)9-14-7(17-19(9)3-12-8)6-5(11)10(16-15-6)20(21)22/h2-3H,1H3,(H,15,16). The normalized spacial score (nSPS) is 11.5. The van der Waals surface area contributed by atoms with Crippen molar-refractivity contribution in [2.24, 2.45) is 7.05 Å². The highest BCUT2D eigenvalue weighted by Crippen LogP contribution is 2.31. The summed E-state index contributed by atoms with van der Waals surface area (Å²) in [6.07, 6.45) is 3.09. The van der Waals surface area contributed by atoms with Crippen LogP contribution in [0.2, 0.25) is 5.02 Å². The third-order valence-corrected chi connectivity index (χ3v) is 3.51. The van der Waals surface area contributed by atoms with Gasteiger partial charge in [-0.1, -0.05) is 16.7 Å². The van der Waals surface area contributed by atoms with Crippen molar-refractivity contribution in [3.05, 3.63) is 27.7 Å². The van der Waals surface area contributed by atoms with Crippen molar-refractivity contribution in [2.45, 2.75) is 0 Å². The average Bonchev–Trinajstić information content (AvgIpc) is 3.14. The van der Waals surface area contributed by atoms with Gasteiger partial charge in [0.15, 0.2) is 22.0 Å². The molecule has 11 nitrogen and oxygen atoms in total. The summed E-state index contributed by atoms with van der Waals surface area (Å²) < 4.78 is 3.05. The highest BCUT2D eigenvalue weighted by molar-refractivity contribution is 6.34. The van der Waals surface area contributed by atoms with Crippen LogP contribution >= 0.6 is 11.6 Å². The van der Waals surface area contributed by atoms with Crippen molar-refractivity contribution in [1.29, 1.82) is 0 Å². The summed E-state index contributed by atoms with van der Waals surface area (Å²) in [7, 11) is 1.76. The van der Waals surface area contributed by atoms with Gasteiger partial charge in [0, 0.05) is 7.05 Å². The van der Waals surface area contributed by atoms with Crippen LogP contribution in [0.5, 0.6) is 0 Å². The minimum Gasteiger partial charge on any atom is -0.358 e. The maximum atomic E-state index is 10.8. The van der Waals surface area contributed by atoms with Crippen LogP contribution in [0.1, 0.15) is 0 Å². The molecule has 0 amide bonds. The van der Waals surface area contributed by atoms with Crippen LogP contribution in [-0.4, -0.2) is 44.5 Å². The zero-order valence-corrected chi connectivity index (χ0v) is 11.7. The minimum atomic E-state index is -0.657. The number of aryl methyl sites for hydroxylation is 1. The first-order valence-electron chi connectivity index (χ1n) is 5.98. The van der Waals surface area contributed by atoms with Gasteiger partial charge in [-0.25, -0.2) is 14.5 Å². The fourth-order valence-corrected chi connectivity index (χ4v) is 2.37. The molecule has 12 heteroatoms. The quantitative estimate of drug-likeness (QED) is 0.429. The third-order valence-electron chi connectivity index (χ3n) is 3.15. The number of aromatic amines is 1. The number of hydrogen-bond acceptors (Lipinski definition) is 7. The molecule has 1 N–H and O–H groups in total. The minimum absolute atomic E-state index is 0.106. The Labute approximate surface area is 125 Å². The number of halogens is 1. The number of H-pyrrole nitrogens is 1. The molecule has 110 valence electrons. The van der Waals surface area contributed by atoms with E-state index in [0.29, 0.717) is 16.7 Å². The fraction of sp³-hybridized carbons (Fsp3) is 0.100. The number of rotatable bonds is 2. The Hall–Kier alpha value is -3.08. The number of hydrogen-bond donors (Lipinski definition) is 1. The van der Waals surface area contributed by atoms with Gasteiger partial charge < -0.3 is 10.1 Å². The van der Waals surface area contributed by atoms with Crippen LogP contribution in [0, 0.1) is 10.1 Å². The summed E-state index contributed by atoms with van der Waals surface area (Å²) >= 11 is 5.95. The van der Waals surface area contributed by atoms with Crippen molar-refractivity contribution in [1.82, 2.24) is 39.6 Å². The first kappa shape index (κ1) is 12.6. The van der Waals surface area contributed by atoms with E-state index in [4.69, 9.17) is 11.6 Å². The van der Waals surface area contributed by atoms with Gasteiger partial charge in [-0.15, -0.1) is 10.2 Å². The molecule has 4 rings (SSSR count). The van der Waals surface area contributed by atoms with E-state index in [0.717, 1.165) is 0 Å². The Morgan fingerprint density at radius 2 is 2.23 bits per heavy atom. The molecular weight excluding hydrogens is 314 g/mol. The van der Waals surface area contributed by atoms with Gasteiger partial charge in [-0.05, 0) is 4.92 Å². The molecule has 4 aromatic heterocycles. The van der Waals surface area contributed by atoms with Gasteiger partial charge in [0.1, 0.15) is 6.33 Å². The predicted molar refractivity (Wildman–Crippen MR) is 74.3 cm³/mol. The van der Waals surface area contributed by atoms with Crippen molar-refractivity contribution < 1.29 is 4.92 Å². The Balaban J connectivity index is 1.96. The van der Waals surface area contributed by atoms with E-state index in [2.05, 4.69) is 30.4 Å². The number of fused-ring (bicyclic) bond motifs is 3. The monoisotopic (exact) mass is 319 g/mol. The second kappa shape index (κ2) is 4.21. The predicted octanol–water partition coefficient (Wildman–Crippen LogP) is 0.963. The average molecular weight is 320 g/mol. The Morgan fingerprint density at radius 1 is 1.41 bits per heavy atom. The highest BCUT2D eigenvalue weighted by atomic mass is 35.5. The van der Waals surface area contributed by atoms with Crippen LogP contribution in [0.15, 0.2) is 12.5 Å². The largest absolute Gasteiger partial charge is 0.362 e. The number of nitro groups is 1. The summed E-state index contributed by atoms with van der Waals surface area (Å²) in [5, 5.41) is 25.7. The van der Waals surface area contributed by atoms with Gasteiger partial charge in [-0.2, -0.15) is 5.10 Å². The number of nitrogens with zero attached hydrogens (tertiary/aromatic N) is 8. The molecule has 0 bridgehead atoms. The Bertz CT molecular complexity index is 1050. The zero-order valence-electron chi connectivity index (χ0n) is 10.9. The van der Waals surface area contributed by atoms with Gasteiger partial charge in [0.05, 0.1) is 11.6 Å². The van der Waals surface area contributed by atoms with E-state index in [9.17, 15) is 10.1 Å². The zero-order chi connectivity index (χ0) is 15.4. The van der Waals surface area contributed by atoms with Crippen molar-refractivity contribution >= 4 is 34.1 Å². The maximum absolute atomic E-state index is 10.8. The van der Waals surface area contributed by atoms with E-state index in [-0.39, 0.29) is 16.5 Å². The lowest BCUT2D eigenvalue weighted by Crippen LogP contribution is -1.94. The Kier molecular flexibility index (Phi) is 2.42. The van der Waals surface area contributed by atoms with Crippen LogP contribution < -0.4 is 0 Å². The van der Waals surface area contributed by atoms with E-state index in [1.807, 2.05) is 0 Å². The molecule has 0 aliphatic heterocycles. The van der Waals surface area contributed by atoms with E-state index < -0.39 is 10.7 Å². The van der Waals surface area contributed by atoms with Gasteiger partial charge in [-0.3, -0.25) is 4.68 Å². The summed E-state index contributed by atoms with van der Waals surface area (Å²) in [6.45, 7) is 0. The molecule has 4 aromatic rings. The van der Waals surface area contributed by atoms with Crippen LogP contribution in [0.4, 0.5) is 5.82 Å². The SMILES string of the molecule is Cn1ncc2c1ncn1nc(-c3n[nH]c([N+](=O)[O-])c3Cl)nc21. The first-order chi connectivity index (χ1) is 10.6. The molecule has 0 aliphatic rings. The first-order valence-corrected chi connectivity index (χ1v) is 6.36. The van der Waals surface area contributed by atoms with Crippen molar-refractivity contribution in [3.63, 3.8) is 0 Å². The smallest absolute Gasteiger partial charge is 0.358 e. The van der Waals surface area contributed by atoms with Crippen LogP contribution in [-0.2, 0) is 7.05 Å². The molecule has 0 saturated heterocycles. The molecule has 0 fully saturated rings. The third kappa shape index (κ3) is 1.59. The maximum Gasteiger partial charge on any atom is 0.362 e. The summed E-state index contributed by atoms with van der Waals surface area (Å²) in [5.74, 6) is -0.243. The molecule has 0 spiro atoms. The number of aromatic nitrogens is 8. The molecule has 0 aromatic carbocycles. The molecule has 0 atom stereocenters. The molecule has 22 heavy (non-hydrogen) atoms. The molecule has 0 aliphatic carbocycles. The van der Waals surface area contributed by atoms with Gasteiger partial charge >= 0.3 is 5.82 Å². The lowest BCUT2D eigenvalue weighted by atomic mass is 10.4. The summed E-state index contributed by atoms with van der Waals surface area (Å²) in [5.41, 5.74) is 1.26. The van der Waals surface area contributed by atoms with Gasteiger partial charge in [0.2, 0.25) is 5.82 Å². The van der Waals surface area contributed by atoms with Crippen molar-refractivity contribution in [2.75, 3.05) is 0 Å². The number of nitrogens with one attached hydrogen (secondary N) is 1. The lowest BCUT2D eigenvalue weighted by molar-refractivity contribution is -0.389. The van der Waals surface area contributed by atoms with Crippen LogP contribution in [0.25, 0.3) is 28.2 Å². The molecule has 0 radical (unpaired) electrons. The molecule has 0 saturated carbocycles. The summed E-state index contributed by atoms with van der Waals surface area (Å²) in [6, 6.07) is 0. The molecule has 4 heterocycles. The van der Waals surface area contributed by atoms with Gasteiger partial charge in [0.25, 0.3) is 0 Å². The highest BCUT2D eigenvalue weighted by Gasteiger charge is 2.24. The molecule has 0 unspecified atom stereocenters. The topological polar surface area (TPSA) is 133 Å². The van der Waals surface area contributed by atoms with Crippen LogP contribution in [0.3, 0.4) is 0 Å².